The van der Waals surface area contributed by atoms with E-state index in [2.05, 4.69) is 4.74 Å². The molecule has 0 atom stereocenters. The molecule has 0 aliphatic carbocycles. The molecule has 0 fully saturated rings. The first kappa shape index (κ1) is 13.9. The number of ether oxygens (including phenoxy) is 1. The van der Waals surface area contributed by atoms with Crippen LogP contribution in [0.3, 0.4) is 0 Å². The normalized spacial score (nSPS) is 11.3. The molecular formula is C9H16O6. The lowest BCUT2D eigenvalue weighted by Crippen LogP contribution is -2.49. The summed E-state index contributed by atoms with van der Waals surface area (Å²) in [6.45, 7) is 1.92. The van der Waals surface area contributed by atoms with Crippen LogP contribution in [-0.2, 0) is 14.3 Å². The number of unbranched alkanes of at least 4 members (excludes halogenated alkanes) is 3. The highest BCUT2D eigenvalue weighted by atomic mass is 16.7. The number of aliphatic hydroxyl groups is 1. The summed E-state index contributed by atoms with van der Waals surface area (Å²) in [7, 11) is 0. The number of hydrogen-bond acceptors (Lipinski definition) is 4. The Bertz CT molecular complexity index is 211. The highest BCUT2D eigenvalue weighted by molar-refractivity contribution is 5.99. The molecule has 88 valence electrons. The Kier molecular flexibility index (Phi) is 5.88. The molecule has 0 aromatic rings. The van der Waals surface area contributed by atoms with Gasteiger partial charge in [0.25, 0.3) is 0 Å². The van der Waals surface area contributed by atoms with E-state index in [0.717, 1.165) is 19.3 Å². The molecule has 0 spiro atoms. The van der Waals surface area contributed by atoms with Gasteiger partial charge in [-0.05, 0) is 6.42 Å². The minimum Gasteiger partial charge on any atom is -0.477 e. The predicted molar refractivity (Wildman–Crippen MR) is 50.3 cm³/mol. The van der Waals surface area contributed by atoms with Crippen molar-refractivity contribution in [2.24, 2.45) is 0 Å². The van der Waals surface area contributed by atoms with Crippen molar-refractivity contribution >= 4 is 11.9 Å². The average Bonchev–Trinajstić information content (AvgIpc) is 2.16. The fourth-order valence-electron chi connectivity index (χ4n) is 0.964. The topological polar surface area (TPSA) is 104 Å². The number of aliphatic carboxylic acids is 2. The molecule has 0 unspecified atom stereocenters. The van der Waals surface area contributed by atoms with Crippen molar-refractivity contribution in [2.45, 2.75) is 38.4 Å². The van der Waals surface area contributed by atoms with E-state index in [1.807, 2.05) is 6.92 Å². The van der Waals surface area contributed by atoms with Gasteiger partial charge in [0, 0.05) is 0 Å². The number of rotatable bonds is 8. The highest BCUT2D eigenvalue weighted by Gasteiger charge is 2.46. The Hall–Kier alpha value is -1.14. The van der Waals surface area contributed by atoms with Crippen LogP contribution in [0.15, 0.2) is 0 Å². The van der Waals surface area contributed by atoms with Gasteiger partial charge in [-0.15, -0.1) is 0 Å². The van der Waals surface area contributed by atoms with E-state index >= 15 is 0 Å². The van der Waals surface area contributed by atoms with Gasteiger partial charge >= 0.3 is 17.7 Å². The van der Waals surface area contributed by atoms with E-state index in [4.69, 9.17) is 15.3 Å². The van der Waals surface area contributed by atoms with Crippen LogP contribution in [0.25, 0.3) is 0 Å². The molecule has 0 aliphatic heterocycles. The van der Waals surface area contributed by atoms with Gasteiger partial charge in [0.15, 0.2) is 0 Å². The van der Waals surface area contributed by atoms with Gasteiger partial charge < -0.3 is 20.1 Å². The minimum absolute atomic E-state index is 0.0882. The van der Waals surface area contributed by atoms with Crippen LogP contribution in [0.5, 0.6) is 0 Å². The number of carboxylic acid groups (broad SMARTS) is 2. The molecule has 0 radical (unpaired) electrons. The SMILES string of the molecule is CCCCCCOC(O)(C(=O)O)C(=O)O. The predicted octanol–water partition coefficient (Wildman–Crippen LogP) is 0.441. The molecule has 0 heterocycles. The monoisotopic (exact) mass is 220 g/mol. The lowest BCUT2D eigenvalue weighted by molar-refractivity contribution is -0.231. The standard InChI is InChI=1S/C9H16O6/c1-2-3-4-5-6-15-9(14,7(10)11)8(12)13/h14H,2-6H2,1H3,(H,10,11)(H,12,13). The second kappa shape index (κ2) is 6.36. The van der Waals surface area contributed by atoms with Crippen LogP contribution in [-0.4, -0.2) is 39.7 Å². The average molecular weight is 220 g/mol. The molecule has 6 heteroatoms. The summed E-state index contributed by atoms with van der Waals surface area (Å²) in [5, 5.41) is 26.0. The van der Waals surface area contributed by atoms with Crippen molar-refractivity contribution in [1.29, 1.82) is 0 Å². The van der Waals surface area contributed by atoms with Crippen molar-refractivity contribution in [1.82, 2.24) is 0 Å². The van der Waals surface area contributed by atoms with Gasteiger partial charge in [0.05, 0.1) is 6.61 Å². The maximum absolute atomic E-state index is 10.4. The van der Waals surface area contributed by atoms with Gasteiger partial charge in [0.1, 0.15) is 0 Å². The van der Waals surface area contributed by atoms with Gasteiger partial charge in [-0.25, -0.2) is 9.59 Å². The highest BCUT2D eigenvalue weighted by Crippen LogP contribution is 2.09. The molecule has 3 N–H and O–H groups in total. The summed E-state index contributed by atoms with van der Waals surface area (Å²) in [4.78, 5) is 20.9. The van der Waals surface area contributed by atoms with Gasteiger partial charge in [-0.3, -0.25) is 0 Å². The Morgan fingerprint density at radius 1 is 1.13 bits per heavy atom. The molecule has 0 amide bonds. The van der Waals surface area contributed by atoms with E-state index in [1.54, 1.807) is 0 Å². The quantitative estimate of drug-likeness (QED) is 0.311. The maximum atomic E-state index is 10.4. The Morgan fingerprint density at radius 3 is 2.07 bits per heavy atom. The summed E-state index contributed by atoms with van der Waals surface area (Å²) >= 11 is 0. The first-order valence-corrected chi connectivity index (χ1v) is 4.78. The molecule has 0 rings (SSSR count). The van der Waals surface area contributed by atoms with Crippen molar-refractivity contribution in [2.75, 3.05) is 6.61 Å². The van der Waals surface area contributed by atoms with Gasteiger partial charge in [0.2, 0.25) is 0 Å². The van der Waals surface area contributed by atoms with E-state index in [-0.39, 0.29) is 6.61 Å². The molecule has 0 aromatic heterocycles. The van der Waals surface area contributed by atoms with E-state index < -0.39 is 17.7 Å². The van der Waals surface area contributed by atoms with Gasteiger partial charge in [-0.1, -0.05) is 26.2 Å². The number of carbonyl (C=O) groups is 2. The van der Waals surface area contributed by atoms with Crippen LogP contribution in [0, 0.1) is 0 Å². The fourth-order valence-corrected chi connectivity index (χ4v) is 0.964. The zero-order chi connectivity index (χ0) is 11.9. The zero-order valence-corrected chi connectivity index (χ0v) is 8.60. The van der Waals surface area contributed by atoms with Crippen LogP contribution < -0.4 is 0 Å². The Balaban J connectivity index is 3.99. The Labute approximate surface area is 87.5 Å². The first-order valence-electron chi connectivity index (χ1n) is 4.78. The summed E-state index contributed by atoms with van der Waals surface area (Å²) in [5.74, 6) is -6.94. The lowest BCUT2D eigenvalue weighted by atomic mass is 10.2. The third-order valence-corrected chi connectivity index (χ3v) is 1.89. The van der Waals surface area contributed by atoms with Crippen LogP contribution in [0.2, 0.25) is 0 Å². The molecule has 0 saturated heterocycles. The van der Waals surface area contributed by atoms with Crippen molar-refractivity contribution < 1.29 is 29.6 Å². The third kappa shape index (κ3) is 4.26. The second-order valence-electron chi connectivity index (χ2n) is 3.16. The van der Waals surface area contributed by atoms with Crippen molar-refractivity contribution in [3.63, 3.8) is 0 Å². The molecular weight excluding hydrogens is 204 g/mol. The van der Waals surface area contributed by atoms with E-state index in [1.165, 1.54) is 0 Å². The molecule has 15 heavy (non-hydrogen) atoms. The second-order valence-corrected chi connectivity index (χ2v) is 3.16. The van der Waals surface area contributed by atoms with Crippen LogP contribution in [0.1, 0.15) is 32.6 Å². The number of hydrogen-bond donors (Lipinski definition) is 3. The third-order valence-electron chi connectivity index (χ3n) is 1.89. The molecule has 6 nitrogen and oxygen atoms in total. The van der Waals surface area contributed by atoms with E-state index in [9.17, 15) is 9.59 Å². The van der Waals surface area contributed by atoms with E-state index in [0.29, 0.717) is 6.42 Å². The smallest absolute Gasteiger partial charge is 0.376 e. The molecule has 0 aliphatic rings. The summed E-state index contributed by atoms with van der Waals surface area (Å²) in [6.07, 6.45) is 3.30. The van der Waals surface area contributed by atoms with Crippen LogP contribution >= 0.6 is 0 Å². The molecule has 0 saturated carbocycles. The zero-order valence-electron chi connectivity index (χ0n) is 8.60. The van der Waals surface area contributed by atoms with Gasteiger partial charge in [-0.2, -0.15) is 0 Å². The summed E-state index contributed by atoms with van der Waals surface area (Å²) in [5.41, 5.74) is 0. The lowest BCUT2D eigenvalue weighted by Gasteiger charge is -2.18. The molecule has 0 aromatic carbocycles. The first-order chi connectivity index (χ1) is 6.95. The summed E-state index contributed by atoms with van der Waals surface area (Å²) < 4.78 is 4.46. The fraction of sp³-hybridized carbons (Fsp3) is 0.778. The van der Waals surface area contributed by atoms with Crippen LogP contribution in [0.4, 0.5) is 0 Å². The van der Waals surface area contributed by atoms with Crippen molar-refractivity contribution in [3.05, 3.63) is 0 Å². The van der Waals surface area contributed by atoms with Crippen molar-refractivity contribution in [3.8, 4) is 0 Å². The Morgan fingerprint density at radius 2 is 1.67 bits per heavy atom. The minimum atomic E-state index is -3.12. The number of carboxylic acids is 2. The summed E-state index contributed by atoms with van der Waals surface area (Å²) in [6, 6.07) is 0. The molecule has 0 bridgehead atoms. The maximum Gasteiger partial charge on any atom is 0.376 e. The largest absolute Gasteiger partial charge is 0.477 e.